The molecule has 0 fully saturated rings. The number of imidazole rings is 1. The molecule has 2 aromatic heterocycles. The van der Waals surface area contributed by atoms with Crippen LogP contribution in [0.4, 0.5) is 0 Å². The lowest BCUT2D eigenvalue weighted by molar-refractivity contribution is 0.586. The summed E-state index contributed by atoms with van der Waals surface area (Å²) < 4.78 is 5.35. The molecular formula is C12H18N4O. The highest BCUT2D eigenvalue weighted by atomic mass is 16.1. The molecule has 2 heterocycles. The van der Waals surface area contributed by atoms with E-state index in [-0.39, 0.29) is 5.69 Å². The third-order valence-electron chi connectivity index (χ3n) is 2.91. The van der Waals surface area contributed by atoms with Crippen LogP contribution in [0.2, 0.25) is 0 Å². The minimum atomic E-state index is 0.0778. The van der Waals surface area contributed by atoms with Crippen LogP contribution < -0.4 is 5.69 Å². The highest BCUT2D eigenvalue weighted by Crippen LogP contribution is 1.99. The zero-order chi connectivity index (χ0) is 12.3. The van der Waals surface area contributed by atoms with Gasteiger partial charge in [-0.15, -0.1) is 0 Å². The van der Waals surface area contributed by atoms with Crippen LogP contribution in [-0.2, 0) is 26.6 Å². The van der Waals surface area contributed by atoms with Crippen molar-refractivity contribution in [3.63, 3.8) is 0 Å². The fourth-order valence-electron chi connectivity index (χ4n) is 1.92. The first-order chi connectivity index (χ1) is 8.22. The molecule has 0 aromatic carbocycles. The molecule has 2 rings (SSSR count). The summed E-state index contributed by atoms with van der Waals surface area (Å²) in [6, 6.07) is 1.98. The monoisotopic (exact) mass is 234 g/mol. The van der Waals surface area contributed by atoms with Gasteiger partial charge in [0.25, 0.3) is 0 Å². The van der Waals surface area contributed by atoms with Crippen LogP contribution in [0.1, 0.15) is 19.0 Å². The fraction of sp³-hybridized carbons (Fsp3) is 0.500. The Labute approximate surface area is 100 Å². The molecule has 0 aliphatic heterocycles. The number of nitrogens with zero attached hydrogens (tertiary/aromatic N) is 4. The Balaban J connectivity index is 2.05. The minimum absolute atomic E-state index is 0.0778. The van der Waals surface area contributed by atoms with Crippen LogP contribution >= 0.6 is 0 Å². The maximum Gasteiger partial charge on any atom is 0.328 e. The smallest absolute Gasteiger partial charge is 0.299 e. The van der Waals surface area contributed by atoms with Crippen molar-refractivity contribution in [1.82, 2.24) is 18.9 Å². The van der Waals surface area contributed by atoms with Gasteiger partial charge in [-0.3, -0.25) is 13.8 Å². The molecule has 92 valence electrons. The number of aromatic nitrogens is 4. The maximum absolute atomic E-state index is 11.9. The van der Waals surface area contributed by atoms with Gasteiger partial charge in [0.1, 0.15) is 0 Å². The third-order valence-corrected chi connectivity index (χ3v) is 2.91. The lowest BCUT2D eigenvalue weighted by atomic mass is 10.3. The highest BCUT2D eigenvalue weighted by molar-refractivity contribution is 5.00. The Hall–Kier alpha value is -1.78. The quantitative estimate of drug-likeness (QED) is 0.775. The van der Waals surface area contributed by atoms with E-state index < -0.39 is 0 Å². The van der Waals surface area contributed by atoms with E-state index in [1.165, 1.54) is 0 Å². The summed E-state index contributed by atoms with van der Waals surface area (Å²) in [5, 5.41) is 4.11. The van der Waals surface area contributed by atoms with E-state index >= 15 is 0 Å². The van der Waals surface area contributed by atoms with Gasteiger partial charge in [-0.1, -0.05) is 6.92 Å². The topological polar surface area (TPSA) is 44.8 Å². The highest BCUT2D eigenvalue weighted by Gasteiger charge is 2.04. The third kappa shape index (κ3) is 2.49. The number of hydrogen-bond donors (Lipinski definition) is 0. The van der Waals surface area contributed by atoms with E-state index in [1.54, 1.807) is 15.3 Å². The molecule has 17 heavy (non-hydrogen) atoms. The van der Waals surface area contributed by atoms with Crippen molar-refractivity contribution < 1.29 is 0 Å². The minimum Gasteiger partial charge on any atom is -0.299 e. The summed E-state index contributed by atoms with van der Waals surface area (Å²) in [5.74, 6) is 0. The second-order valence-corrected chi connectivity index (χ2v) is 4.16. The Bertz CT molecular complexity index is 535. The zero-order valence-electron chi connectivity index (χ0n) is 10.3. The Kier molecular flexibility index (Phi) is 3.46. The van der Waals surface area contributed by atoms with Gasteiger partial charge >= 0.3 is 5.69 Å². The number of rotatable bonds is 5. The molecule has 0 spiro atoms. The molecule has 0 aliphatic rings. The van der Waals surface area contributed by atoms with Gasteiger partial charge in [0, 0.05) is 50.8 Å². The van der Waals surface area contributed by atoms with E-state index in [0.29, 0.717) is 6.54 Å². The van der Waals surface area contributed by atoms with E-state index in [0.717, 1.165) is 25.1 Å². The second-order valence-electron chi connectivity index (χ2n) is 4.16. The van der Waals surface area contributed by atoms with Gasteiger partial charge < -0.3 is 0 Å². The SMILES string of the molecule is CCCn1ccn(CCc2ccnn2C)c1=O. The molecule has 5 nitrogen and oxygen atoms in total. The van der Waals surface area contributed by atoms with E-state index in [1.807, 2.05) is 30.2 Å². The summed E-state index contributed by atoms with van der Waals surface area (Å²) in [6.07, 6.45) is 7.29. The summed E-state index contributed by atoms with van der Waals surface area (Å²) in [5.41, 5.74) is 1.22. The van der Waals surface area contributed by atoms with Crippen LogP contribution in [0, 0.1) is 0 Å². The van der Waals surface area contributed by atoms with Crippen molar-refractivity contribution in [3.8, 4) is 0 Å². The van der Waals surface area contributed by atoms with Gasteiger partial charge in [-0.2, -0.15) is 5.10 Å². The molecule has 0 unspecified atom stereocenters. The Morgan fingerprint density at radius 2 is 1.94 bits per heavy atom. The standard InChI is InChI=1S/C12H18N4O/c1-3-7-15-9-10-16(12(15)17)8-5-11-4-6-13-14(11)2/h4,6,9-10H,3,5,7-8H2,1-2H3. The lowest BCUT2D eigenvalue weighted by Crippen LogP contribution is -2.24. The van der Waals surface area contributed by atoms with Gasteiger partial charge in [0.15, 0.2) is 0 Å². The van der Waals surface area contributed by atoms with E-state index in [4.69, 9.17) is 0 Å². The zero-order valence-corrected chi connectivity index (χ0v) is 10.3. The van der Waals surface area contributed by atoms with Gasteiger partial charge in [-0.25, -0.2) is 4.79 Å². The molecule has 0 atom stereocenters. The van der Waals surface area contributed by atoms with Crippen LogP contribution in [0.3, 0.4) is 0 Å². The summed E-state index contributed by atoms with van der Waals surface area (Å²) >= 11 is 0. The molecule has 5 heteroatoms. The first kappa shape index (κ1) is 11.7. The predicted octanol–water partition coefficient (Wildman–Crippen LogP) is 1.04. The maximum atomic E-state index is 11.9. The van der Waals surface area contributed by atoms with Crippen LogP contribution in [0.25, 0.3) is 0 Å². The second kappa shape index (κ2) is 5.03. The van der Waals surface area contributed by atoms with Crippen molar-refractivity contribution in [3.05, 3.63) is 40.8 Å². The molecule has 0 saturated heterocycles. The Morgan fingerprint density at radius 3 is 2.53 bits per heavy atom. The van der Waals surface area contributed by atoms with Crippen LogP contribution in [0.5, 0.6) is 0 Å². The van der Waals surface area contributed by atoms with Crippen molar-refractivity contribution in [2.45, 2.75) is 32.9 Å². The predicted molar refractivity (Wildman–Crippen MR) is 65.9 cm³/mol. The molecule has 0 N–H and O–H groups in total. The average Bonchev–Trinajstić information content (AvgIpc) is 2.86. The van der Waals surface area contributed by atoms with Crippen LogP contribution in [-0.4, -0.2) is 18.9 Å². The normalized spacial score (nSPS) is 10.9. The number of aryl methyl sites for hydroxylation is 4. The van der Waals surface area contributed by atoms with E-state index in [9.17, 15) is 4.79 Å². The summed E-state index contributed by atoms with van der Waals surface area (Å²) in [4.78, 5) is 11.9. The molecule has 0 bridgehead atoms. The fourth-order valence-corrected chi connectivity index (χ4v) is 1.92. The largest absolute Gasteiger partial charge is 0.328 e. The Morgan fingerprint density at radius 1 is 1.24 bits per heavy atom. The van der Waals surface area contributed by atoms with Gasteiger partial charge in [0.05, 0.1) is 0 Å². The number of hydrogen-bond acceptors (Lipinski definition) is 2. The average molecular weight is 234 g/mol. The first-order valence-electron chi connectivity index (χ1n) is 5.95. The molecule has 0 aliphatic carbocycles. The molecule has 0 saturated carbocycles. The van der Waals surface area contributed by atoms with Crippen molar-refractivity contribution in [2.75, 3.05) is 0 Å². The van der Waals surface area contributed by atoms with E-state index in [2.05, 4.69) is 12.0 Å². The van der Waals surface area contributed by atoms with Gasteiger partial charge in [0.2, 0.25) is 0 Å². The van der Waals surface area contributed by atoms with Gasteiger partial charge in [-0.05, 0) is 12.5 Å². The van der Waals surface area contributed by atoms with Crippen molar-refractivity contribution in [1.29, 1.82) is 0 Å². The lowest BCUT2D eigenvalue weighted by Gasteiger charge is -2.02. The summed E-state index contributed by atoms with van der Waals surface area (Å²) in [7, 11) is 1.92. The molecule has 0 radical (unpaired) electrons. The first-order valence-corrected chi connectivity index (χ1v) is 5.95. The molecule has 2 aromatic rings. The summed E-state index contributed by atoms with van der Waals surface area (Å²) in [6.45, 7) is 3.56. The van der Waals surface area contributed by atoms with Crippen molar-refractivity contribution >= 4 is 0 Å². The molecule has 0 amide bonds. The molecular weight excluding hydrogens is 216 g/mol. The van der Waals surface area contributed by atoms with Crippen LogP contribution in [0.15, 0.2) is 29.5 Å². The van der Waals surface area contributed by atoms with Crippen molar-refractivity contribution in [2.24, 2.45) is 7.05 Å².